The molecule has 1 aromatic heterocycles. The zero-order chi connectivity index (χ0) is 18.9. The number of benzene rings is 2. The van der Waals surface area contributed by atoms with E-state index in [1.54, 1.807) is 35.9 Å². The molecule has 0 fully saturated rings. The third-order valence-corrected chi connectivity index (χ3v) is 5.44. The Kier molecular flexibility index (Phi) is 4.74. The molecule has 0 spiro atoms. The van der Waals surface area contributed by atoms with E-state index in [0.29, 0.717) is 15.9 Å². The van der Waals surface area contributed by atoms with Crippen molar-refractivity contribution in [3.8, 4) is 11.4 Å². The van der Waals surface area contributed by atoms with Crippen LogP contribution in [0.15, 0.2) is 58.2 Å². The van der Waals surface area contributed by atoms with E-state index in [2.05, 4.69) is 30.8 Å². The van der Waals surface area contributed by atoms with Crippen molar-refractivity contribution in [2.24, 2.45) is 7.05 Å². The molecule has 0 radical (unpaired) electrons. The number of nitro benzene ring substituents is 1. The summed E-state index contributed by atoms with van der Waals surface area (Å²) < 4.78 is 30.0. The lowest BCUT2D eigenvalue weighted by atomic mass is 10.2. The van der Waals surface area contributed by atoms with E-state index in [1.807, 2.05) is 0 Å². The first-order valence-electron chi connectivity index (χ1n) is 7.20. The number of sulfonamides is 1. The molecule has 0 bridgehead atoms. The molecule has 0 unspecified atom stereocenters. The number of hydrogen-bond acceptors (Lipinski definition) is 6. The van der Waals surface area contributed by atoms with Crippen LogP contribution < -0.4 is 4.72 Å². The van der Waals surface area contributed by atoms with Crippen molar-refractivity contribution in [1.29, 1.82) is 0 Å². The average molecular weight is 438 g/mol. The van der Waals surface area contributed by atoms with Crippen molar-refractivity contribution >= 4 is 37.3 Å². The van der Waals surface area contributed by atoms with E-state index in [9.17, 15) is 18.5 Å². The molecule has 0 saturated carbocycles. The molecule has 134 valence electrons. The van der Waals surface area contributed by atoms with Gasteiger partial charge in [0.05, 0.1) is 10.6 Å². The Labute approximate surface area is 157 Å². The lowest BCUT2D eigenvalue weighted by molar-refractivity contribution is -0.387. The summed E-state index contributed by atoms with van der Waals surface area (Å²) in [5.41, 5.74) is 0.208. The van der Waals surface area contributed by atoms with Crippen LogP contribution in [0.5, 0.6) is 0 Å². The number of para-hydroxylation sites is 1. The van der Waals surface area contributed by atoms with E-state index >= 15 is 0 Å². The second kappa shape index (κ2) is 6.84. The van der Waals surface area contributed by atoms with Crippen LogP contribution in [0.3, 0.4) is 0 Å². The van der Waals surface area contributed by atoms with Crippen molar-refractivity contribution in [1.82, 2.24) is 14.8 Å². The largest absolute Gasteiger partial charge is 0.317 e. The van der Waals surface area contributed by atoms with Crippen LogP contribution in [0.1, 0.15) is 0 Å². The Morgan fingerprint density at radius 2 is 1.96 bits per heavy atom. The van der Waals surface area contributed by atoms with Crippen molar-refractivity contribution in [2.45, 2.75) is 4.90 Å². The van der Waals surface area contributed by atoms with Gasteiger partial charge in [-0.3, -0.25) is 14.8 Å². The molecule has 1 N–H and O–H groups in total. The van der Waals surface area contributed by atoms with Gasteiger partial charge in [-0.2, -0.15) is 0 Å². The fourth-order valence-electron chi connectivity index (χ4n) is 2.35. The lowest BCUT2D eigenvalue weighted by Crippen LogP contribution is -2.15. The molecule has 3 aromatic rings. The molecule has 2 aromatic carbocycles. The number of halogens is 1. The topological polar surface area (TPSA) is 120 Å². The molecule has 26 heavy (non-hydrogen) atoms. The van der Waals surface area contributed by atoms with Crippen LogP contribution in [-0.2, 0) is 17.1 Å². The summed E-state index contributed by atoms with van der Waals surface area (Å²) in [4.78, 5) is 10.1. The summed E-state index contributed by atoms with van der Waals surface area (Å²) in [6, 6.07) is 10.3. The maximum atomic E-state index is 12.8. The molecule has 0 amide bonds. The van der Waals surface area contributed by atoms with Crippen LogP contribution in [0, 0.1) is 10.1 Å². The van der Waals surface area contributed by atoms with Gasteiger partial charge in [-0.05, 0) is 24.3 Å². The summed E-state index contributed by atoms with van der Waals surface area (Å²) in [5.74, 6) is 0.452. The second-order valence-corrected chi connectivity index (χ2v) is 7.85. The van der Waals surface area contributed by atoms with E-state index < -0.39 is 25.5 Å². The maximum Gasteiger partial charge on any atom is 0.291 e. The number of aryl methyl sites for hydroxylation is 1. The predicted molar refractivity (Wildman–Crippen MR) is 98.0 cm³/mol. The molecule has 3 rings (SSSR count). The fourth-order valence-corrected chi connectivity index (χ4v) is 3.94. The van der Waals surface area contributed by atoms with Gasteiger partial charge in [0.15, 0.2) is 10.7 Å². The van der Waals surface area contributed by atoms with Crippen LogP contribution in [0.4, 0.5) is 11.4 Å². The van der Waals surface area contributed by atoms with Crippen LogP contribution >= 0.6 is 15.9 Å². The Hall–Kier alpha value is -2.79. The number of hydrogen-bond donors (Lipinski definition) is 1. The first kappa shape index (κ1) is 18.0. The summed E-state index contributed by atoms with van der Waals surface area (Å²) in [7, 11) is -2.48. The third-order valence-electron chi connectivity index (χ3n) is 3.53. The van der Waals surface area contributed by atoms with Gasteiger partial charge in [0.25, 0.3) is 15.7 Å². The van der Waals surface area contributed by atoms with Crippen molar-refractivity contribution in [2.75, 3.05) is 4.72 Å². The third kappa shape index (κ3) is 3.44. The van der Waals surface area contributed by atoms with Gasteiger partial charge >= 0.3 is 0 Å². The summed E-state index contributed by atoms with van der Waals surface area (Å²) in [6.45, 7) is 0. The highest BCUT2D eigenvalue weighted by molar-refractivity contribution is 9.10. The van der Waals surface area contributed by atoms with Gasteiger partial charge in [0, 0.05) is 23.2 Å². The van der Waals surface area contributed by atoms with E-state index in [1.165, 1.54) is 18.5 Å². The Morgan fingerprint density at radius 1 is 1.23 bits per heavy atom. The van der Waals surface area contributed by atoms with Gasteiger partial charge in [-0.1, -0.05) is 28.1 Å². The standard InChI is InChI=1S/C15H12BrN5O4S/c1-20-9-17-18-15(20)11-4-2-3-5-12(11)19-26(24,25)14-7-6-10(16)8-13(14)21(22)23/h2-9,19H,1H3. The molecular weight excluding hydrogens is 426 g/mol. The SMILES string of the molecule is Cn1cnnc1-c1ccccc1NS(=O)(=O)c1ccc(Br)cc1[N+](=O)[O-]. The summed E-state index contributed by atoms with van der Waals surface area (Å²) in [6.07, 6.45) is 1.49. The van der Waals surface area contributed by atoms with E-state index in [0.717, 1.165) is 6.07 Å². The highest BCUT2D eigenvalue weighted by atomic mass is 79.9. The van der Waals surface area contributed by atoms with E-state index in [4.69, 9.17) is 0 Å². The Bertz CT molecular complexity index is 1100. The van der Waals surface area contributed by atoms with Gasteiger partial charge in [-0.15, -0.1) is 10.2 Å². The van der Waals surface area contributed by atoms with Crippen LogP contribution in [-0.4, -0.2) is 28.1 Å². The normalized spacial score (nSPS) is 11.3. The van der Waals surface area contributed by atoms with Crippen molar-refractivity contribution < 1.29 is 13.3 Å². The molecule has 0 atom stereocenters. The first-order chi connectivity index (χ1) is 12.3. The number of rotatable bonds is 5. The molecule has 9 nitrogen and oxygen atoms in total. The highest BCUT2D eigenvalue weighted by Crippen LogP contribution is 2.32. The van der Waals surface area contributed by atoms with Crippen LogP contribution in [0.25, 0.3) is 11.4 Å². The first-order valence-corrected chi connectivity index (χ1v) is 9.47. The lowest BCUT2D eigenvalue weighted by Gasteiger charge is -2.12. The maximum absolute atomic E-state index is 12.8. The average Bonchev–Trinajstić information content (AvgIpc) is 3.00. The van der Waals surface area contributed by atoms with Crippen LogP contribution in [0.2, 0.25) is 0 Å². The van der Waals surface area contributed by atoms with Gasteiger partial charge in [0.2, 0.25) is 0 Å². The monoisotopic (exact) mass is 437 g/mol. The minimum atomic E-state index is -4.20. The van der Waals surface area contributed by atoms with Crippen molar-refractivity contribution in [3.63, 3.8) is 0 Å². The summed E-state index contributed by atoms with van der Waals surface area (Å²) >= 11 is 3.11. The fraction of sp³-hybridized carbons (Fsp3) is 0.0667. The molecule has 1 heterocycles. The van der Waals surface area contributed by atoms with Gasteiger partial charge < -0.3 is 4.57 Å². The van der Waals surface area contributed by atoms with E-state index in [-0.39, 0.29) is 5.69 Å². The smallest absolute Gasteiger partial charge is 0.291 e. The second-order valence-electron chi connectivity index (χ2n) is 5.29. The molecule has 0 aliphatic rings. The van der Waals surface area contributed by atoms with Gasteiger partial charge in [-0.25, -0.2) is 8.42 Å². The summed E-state index contributed by atoms with van der Waals surface area (Å²) in [5, 5.41) is 19.0. The minimum Gasteiger partial charge on any atom is -0.317 e. The molecule has 11 heteroatoms. The Morgan fingerprint density at radius 3 is 2.62 bits per heavy atom. The number of nitro groups is 1. The molecular formula is C15H12BrN5O4S. The zero-order valence-electron chi connectivity index (χ0n) is 13.3. The molecule has 0 aliphatic heterocycles. The Balaban J connectivity index is 2.08. The highest BCUT2D eigenvalue weighted by Gasteiger charge is 2.27. The molecule has 0 saturated heterocycles. The predicted octanol–water partition coefficient (Wildman–Crippen LogP) is 2.95. The number of nitrogens with one attached hydrogen (secondary N) is 1. The number of nitrogens with zero attached hydrogens (tertiary/aromatic N) is 4. The number of anilines is 1. The van der Waals surface area contributed by atoms with Gasteiger partial charge in [0.1, 0.15) is 6.33 Å². The molecule has 0 aliphatic carbocycles. The zero-order valence-corrected chi connectivity index (χ0v) is 15.7. The quantitative estimate of drug-likeness (QED) is 0.483. The minimum absolute atomic E-state index is 0.237. The van der Waals surface area contributed by atoms with Crippen molar-refractivity contribution in [3.05, 3.63) is 63.4 Å². The number of aromatic nitrogens is 3.